The van der Waals surface area contributed by atoms with Gasteiger partial charge in [-0.25, -0.2) is 0 Å². The van der Waals surface area contributed by atoms with Gasteiger partial charge in [-0.15, -0.1) is 0 Å². The lowest BCUT2D eigenvalue weighted by molar-refractivity contribution is -0.384. The number of hydrogen-bond donors (Lipinski definition) is 0. The molecule has 2 aromatic carbocycles. The zero-order valence-corrected chi connectivity index (χ0v) is 16.5. The normalized spacial score (nSPS) is 15.2. The van der Waals surface area contributed by atoms with E-state index in [1.54, 1.807) is 25.3 Å². The average molecular weight is 416 g/mol. The molecule has 0 radical (unpaired) electrons. The summed E-state index contributed by atoms with van der Waals surface area (Å²) < 4.78 is 11.7. The Hall–Kier alpha value is -2.91. The zero-order chi connectivity index (χ0) is 20.1. The van der Waals surface area contributed by atoms with Crippen molar-refractivity contribution in [3.63, 3.8) is 0 Å². The van der Waals surface area contributed by atoms with Crippen molar-refractivity contribution in [2.45, 2.75) is 0 Å². The third-order valence-corrected chi connectivity index (χ3v) is 5.30. The highest BCUT2D eigenvalue weighted by molar-refractivity contribution is 8.26. The molecule has 0 atom stereocenters. The van der Waals surface area contributed by atoms with E-state index < -0.39 is 4.92 Å². The molecule has 2 aromatic rings. The van der Waals surface area contributed by atoms with Crippen molar-refractivity contribution < 1.29 is 19.2 Å². The summed E-state index contributed by atoms with van der Waals surface area (Å²) in [6.07, 6.45) is 1.78. The number of nitro benzene ring substituents is 1. The molecule has 0 bridgehead atoms. The van der Waals surface area contributed by atoms with Crippen molar-refractivity contribution in [1.82, 2.24) is 4.90 Å². The lowest BCUT2D eigenvalue weighted by Gasteiger charge is -2.09. The molecule has 144 valence electrons. The zero-order valence-electron chi connectivity index (χ0n) is 14.9. The highest BCUT2D eigenvalue weighted by atomic mass is 32.2. The number of nitro groups is 1. The van der Waals surface area contributed by atoms with Crippen LogP contribution in [0.1, 0.15) is 5.56 Å². The average Bonchev–Trinajstić information content (AvgIpc) is 2.92. The second kappa shape index (κ2) is 8.85. The van der Waals surface area contributed by atoms with E-state index in [2.05, 4.69) is 0 Å². The third-order valence-electron chi connectivity index (χ3n) is 3.81. The van der Waals surface area contributed by atoms with Crippen LogP contribution in [0.25, 0.3) is 6.08 Å². The number of non-ortho nitro benzene ring substituents is 1. The summed E-state index contributed by atoms with van der Waals surface area (Å²) in [4.78, 5) is 24.3. The molecule has 0 aromatic heterocycles. The molecule has 0 aliphatic carbocycles. The minimum atomic E-state index is -0.460. The standard InChI is InChI=1S/C19H16N2O5S2/c1-20-18(22)17(28-19(20)27)12-13-3-2-4-16(11-13)26-10-9-25-15-7-5-14(6-8-15)21(23)24/h2-8,11-12H,9-10H2,1H3. The Bertz CT molecular complexity index is 944. The van der Waals surface area contributed by atoms with Gasteiger partial charge in [-0.1, -0.05) is 36.1 Å². The van der Waals surface area contributed by atoms with Gasteiger partial charge in [0, 0.05) is 19.2 Å². The van der Waals surface area contributed by atoms with Gasteiger partial charge in [-0.3, -0.25) is 19.8 Å². The lowest BCUT2D eigenvalue weighted by atomic mass is 10.2. The van der Waals surface area contributed by atoms with Gasteiger partial charge < -0.3 is 9.47 Å². The number of thioether (sulfide) groups is 1. The molecule has 1 heterocycles. The first-order chi connectivity index (χ1) is 13.4. The molecular formula is C19H16N2O5S2. The fraction of sp³-hybridized carbons (Fsp3) is 0.158. The molecule has 0 unspecified atom stereocenters. The van der Waals surface area contributed by atoms with Crippen molar-refractivity contribution in [3.05, 3.63) is 69.1 Å². The van der Waals surface area contributed by atoms with Crippen LogP contribution in [0.15, 0.2) is 53.4 Å². The third kappa shape index (κ3) is 4.87. The fourth-order valence-electron chi connectivity index (χ4n) is 2.37. The Morgan fingerprint density at radius 3 is 2.43 bits per heavy atom. The van der Waals surface area contributed by atoms with Gasteiger partial charge in [0.2, 0.25) is 0 Å². The van der Waals surface area contributed by atoms with Crippen LogP contribution in [-0.4, -0.2) is 40.3 Å². The molecule has 1 saturated heterocycles. The number of rotatable bonds is 7. The Labute approximate surface area is 171 Å². The Kier molecular flexibility index (Phi) is 6.27. The second-order valence-corrected chi connectivity index (χ2v) is 7.44. The van der Waals surface area contributed by atoms with Gasteiger partial charge in [0.1, 0.15) is 29.0 Å². The van der Waals surface area contributed by atoms with E-state index in [0.717, 1.165) is 5.56 Å². The molecule has 0 N–H and O–H groups in total. The van der Waals surface area contributed by atoms with E-state index in [0.29, 0.717) is 27.3 Å². The number of benzene rings is 2. The van der Waals surface area contributed by atoms with Crippen LogP contribution in [-0.2, 0) is 4.79 Å². The Morgan fingerprint density at radius 1 is 1.14 bits per heavy atom. The van der Waals surface area contributed by atoms with Crippen LogP contribution in [0.3, 0.4) is 0 Å². The van der Waals surface area contributed by atoms with Crippen LogP contribution in [0, 0.1) is 10.1 Å². The van der Waals surface area contributed by atoms with Gasteiger partial charge in [-0.2, -0.15) is 0 Å². The number of likely N-dealkylation sites (N-methyl/N-ethyl adjacent to an activating group) is 1. The van der Waals surface area contributed by atoms with Crippen LogP contribution < -0.4 is 9.47 Å². The van der Waals surface area contributed by atoms with E-state index >= 15 is 0 Å². The summed E-state index contributed by atoms with van der Waals surface area (Å²) in [7, 11) is 1.66. The number of carbonyl (C=O) groups is 1. The van der Waals surface area contributed by atoms with E-state index in [9.17, 15) is 14.9 Å². The second-order valence-electron chi connectivity index (χ2n) is 5.76. The smallest absolute Gasteiger partial charge is 0.269 e. The Morgan fingerprint density at radius 2 is 1.82 bits per heavy atom. The van der Waals surface area contributed by atoms with E-state index in [-0.39, 0.29) is 18.2 Å². The van der Waals surface area contributed by atoms with E-state index in [1.807, 2.05) is 24.3 Å². The number of carbonyl (C=O) groups excluding carboxylic acids is 1. The van der Waals surface area contributed by atoms with Crippen molar-refractivity contribution in [2.75, 3.05) is 20.3 Å². The summed E-state index contributed by atoms with van der Waals surface area (Å²) in [6.45, 7) is 0.591. The topological polar surface area (TPSA) is 81.9 Å². The molecule has 0 saturated carbocycles. The van der Waals surface area contributed by atoms with Crippen molar-refractivity contribution >= 4 is 46.0 Å². The van der Waals surface area contributed by atoms with E-state index in [4.69, 9.17) is 21.7 Å². The molecule has 1 fully saturated rings. The largest absolute Gasteiger partial charge is 0.490 e. The van der Waals surface area contributed by atoms with Crippen LogP contribution in [0.2, 0.25) is 0 Å². The number of nitrogens with zero attached hydrogens (tertiary/aromatic N) is 2. The lowest BCUT2D eigenvalue weighted by Crippen LogP contribution is -2.22. The molecule has 1 amide bonds. The van der Waals surface area contributed by atoms with Gasteiger partial charge >= 0.3 is 0 Å². The van der Waals surface area contributed by atoms with Crippen LogP contribution in [0.4, 0.5) is 5.69 Å². The summed E-state index contributed by atoms with van der Waals surface area (Å²) in [6, 6.07) is 13.2. The van der Waals surface area contributed by atoms with Crippen molar-refractivity contribution in [2.24, 2.45) is 0 Å². The molecular weight excluding hydrogens is 400 g/mol. The SMILES string of the molecule is CN1C(=O)C(=Cc2cccc(OCCOc3ccc([N+](=O)[O-])cc3)c2)SC1=S. The first-order valence-corrected chi connectivity index (χ1v) is 9.48. The summed E-state index contributed by atoms with van der Waals surface area (Å²) >= 11 is 6.39. The molecule has 9 heteroatoms. The van der Waals surface area contributed by atoms with Crippen LogP contribution >= 0.6 is 24.0 Å². The van der Waals surface area contributed by atoms with Gasteiger partial charge in [0.05, 0.1) is 9.83 Å². The molecule has 1 aliphatic rings. The summed E-state index contributed by atoms with van der Waals surface area (Å²) in [5.41, 5.74) is 0.850. The number of thiocarbonyl (C=S) groups is 1. The monoisotopic (exact) mass is 416 g/mol. The highest BCUT2D eigenvalue weighted by Crippen LogP contribution is 2.31. The molecule has 3 rings (SSSR count). The summed E-state index contributed by atoms with van der Waals surface area (Å²) in [5.74, 6) is 1.07. The quantitative estimate of drug-likeness (QED) is 0.223. The van der Waals surface area contributed by atoms with Crippen molar-refractivity contribution in [3.8, 4) is 11.5 Å². The first kappa shape index (κ1) is 19.8. The molecule has 0 spiro atoms. The maximum absolute atomic E-state index is 12.1. The highest BCUT2D eigenvalue weighted by Gasteiger charge is 2.28. The van der Waals surface area contributed by atoms with Gasteiger partial charge in [0.25, 0.3) is 11.6 Å². The Balaban J connectivity index is 1.53. The maximum Gasteiger partial charge on any atom is 0.269 e. The van der Waals surface area contributed by atoms with Gasteiger partial charge in [-0.05, 0) is 35.9 Å². The predicted octanol–water partition coefficient (Wildman–Crippen LogP) is 3.88. The molecule has 1 aliphatic heterocycles. The number of ether oxygens (including phenoxy) is 2. The number of hydrogen-bond acceptors (Lipinski definition) is 7. The van der Waals surface area contributed by atoms with Crippen LogP contribution in [0.5, 0.6) is 11.5 Å². The summed E-state index contributed by atoms with van der Waals surface area (Å²) in [5, 5.41) is 10.6. The maximum atomic E-state index is 12.1. The molecule has 7 nitrogen and oxygen atoms in total. The molecule has 28 heavy (non-hydrogen) atoms. The first-order valence-electron chi connectivity index (χ1n) is 8.26. The van der Waals surface area contributed by atoms with Gasteiger partial charge in [0.15, 0.2) is 0 Å². The predicted molar refractivity (Wildman–Crippen MR) is 111 cm³/mol. The fourth-order valence-corrected chi connectivity index (χ4v) is 3.55. The minimum absolute atomic E-state index is 0.0143. The minimum Gasteiger partial charge on any atom is -0.490 e. The van der Waals surface area contributed by atoms with Crippen molar-refractivity contribution in [1.29, 1.82) is 0 Å². The van der Waals surface area contributed by atoms with E-state index in [1.165, 1.54) is 28.8 Å². The number of amides is 1.